The van der Waals surface area contributed by atoms with Crippen LogP contribution in [-0.4, -0.2) is 48.8 Å². The first-order chi connectivity index (χ1) is 11.8. The molecule has 0 aliphatic carbocycles. The highest BCUT2D eigenvalue weighted by atomic mass is 32.2. The van der Waals surface area contributed by atoms with Gasteiger partial charge in [-0.25, -0.2) is 17.8 Å². The van der Waals surface area contributed by atoms with Gasteiger partial charge in [0.1, 0.15) is 11.6 Å². The molecule has 1 amide bonds. The Kier molecular flexibility index (Phi) is 4.71. The molecular formula is C17H18FN3O3S. The summed E-state index contributed by atoms with van der Waals surface area (Å²) >= 11 is 0. The third kappa shape index (κ3) is 4.14. The number of pyridine rings is 1. The van der Waals surface area contributed by atoms with Crippen molar-refractivity contribution in [3.63, 3.8) is 0 Å². The quantitative estimate of drug-likeness (QED) is 0.901. The lowest BCUT2D eigenvalue weighted by Crippen LogP contribution is -2.37. The molecule has 1 saturated heterocycles. The molecule has 8 heteroatoms. The molecule has 132 valence electrons. The minimum Gasteiger partial charge on any atom is -0.340 e. The maximum absolute atomic E-state index is 13.2. The van der Waals surface area contributed by atoms with Crippen LogP contribution in [0.25, 0.3) is 0 Å². The van der Waals surface area contributed by atoms with Crippen LogP contribution in [0.15, 0.2) is 42.6 Å². The van der Waals surface area contributed by atoms with Crippen molar-refractivity contribution in [2.75, 3.05) is 23.9 Å². The van der Waals surface area contributed by atoms with Crippen LogP contribution in [0, 0.1) is 5.82 Å². The zero-order valence-corrected chi connectivity index (χ0v) is 14.5. The second-order valence-electron chi connectivity index (χ2n) is 6.04. The lowest BCUT2D eigenvalue weighted by Gasteiger charge is -2.23. The van der Waals surface area contributed by atoms with E-state index in [4.69, 9.17) is 0 Å². The molecule has 0 saturated carbocycles. The van der Waals surface area contributed by atoms with Crippen molar-refractivity contribution < 1.29 is 17.6 Å². The lowest BCUT2D eigenvalue weighted by molar-refractivity contribution is 0.0747. The van der Waals surface area contributed by atoms with Gasteiger partial charge in [-0.15, -0.1) is 0 Å². The number of halogens is 1. The summed E-state index contributed by atoms with van der Waals surface area (Å²) in [6.07, 6.45) is 1.88. The van der Waals surface area contributed by atoms with Gasteiger partial charge in [-0.05, 0) is 36.8 Å². The Morgan fingerprint density at radius 3 is 2.72 bits per heavy atom. The average Bonchev–Trinajstić information content (AvgIpc) is 2.94. The predicted octanol–water partition coefficient (Wildman–Crippen LogP) is 2.22. The minimum atomic E-state index is -3.05. The number of rotatable bonds is 4. The smallest absolute Gasteiger partial charge is 0.255 e. The van der Waals surface area contributed by atoms with E-state index in [1.54, 1.807) is 31.3 Å². The molecule has 1 N–H and O–H groups in total. The summed E-state index contributed by atoms with van der Waals surface area (Å²) < 4.78 is 36.3. The van der Waals surface area contributed by atoms with E-state index in [1.807, 2.05) is 0 Å². The number of aromatic nitrogens is 1. The second kappa shape index (κ2) is 6.79. The third-order valence-corrected chi connectivity index (χ3v) is 5.93. The van der Waals surface area contributed by atoms with E-state index in [0.717, 1.165) is 0 Å². The first-order valence-corrected chi connectivity index (χ1v) is 9.62. The van der Waals surface area contributed by atoms with E-state index < -0.39 is 9.84 Å². The van der Waals surface area contributed by atoms with Gasteiger partial charge < -0.3 is 10.2 Å². The molecule has 1 fully saturated rings. The molecule has 1 atom stereocenters. The highest BCUT2D eigenvalue weighted by Crippen LogP contribution is 2.20. The van der Waals surface area contributed by atoms with Gasteiger partial charge in [-0.2, -0.15) is 0 Å². The zero-order chi connectivity index (χ0) is 18.0. The van der Waals surface area contributed by atoms with Crippen molar-refractivity contribution >= 4 is 27.2 Å². The number of anilines is 2. The molecule has 1 aromatic carbocycles. The SMILES string of the molecule is CN(C(=O)c1ccc(Nc2cccc(F)c2)nc1)C1CCS(=O)(=O)C1. The normalized spacial score (nSPS) is 18.7. The molecule has 1 aromatic heterocycles. The monoisotopic (exact) mass is 363 g/mol. The van der Waals surface area contributed by atoms with Crippen LogP contribution in [0.1, 0.15) is 16.8 Å². The highest BCUT2D eigenvalue weighted by molar-refractivity contribution is 7.91. The summed E-state index contributed by atoms with van der Waals surface area (Å²) in [5.74, 6) is -0.0311. The molecule has 1 aliphatic rings. The summed E-state index contributed by atoms with van der Waals surface area (Å²) in [6, 6.07) is 8.91. The predicted molar refractivity (Wildman–Crippen MR) is 93.1 cm³/mol. The summed E-state index contributed by atoms with van der Waals surface area (Å²) in [6.45, 7) is 0. The van der Waals surface area contributed by atoms with Crippen LogP contribution in [0.5, 0.6) is 0 Å². The third-order valence-electron chi connectivity index (χ3n) is 4.18. The average molecular weight is 363 g/mol. The number of nitrogens with one attached hydrogen (secondary N) is 1. The first-order valence-electron chi connectivity index (χ1n) is 7.80. The van der Waals surface area contributed by atoms with Crippen LogP contribution < -0.4 is 5.32 Å². The van der Waals surface area contributed by atoms with Gasteiger partial charge in [0.15, 0.2) is 9.84 Å². The maximum atomic E-state index is 13.2. The fourth-order valence-corrected chi connectivity index (χ4v) is 4.53. The van der Waals surface area contributed by atoms with E-state index in [2.05, 4.69) is 10.3 Å². The van der Waals surface area contributed by atoms with Crippen LogP contribution in [-0.2, 0) is 9.84 Å². The Morgan fingerprint density at radius 2 is 2.12 bits per heavy atom. The maximum Gasteiger partial charge on any atom is 0.255 e. The fourth-order valence-electron chi connectivity index (χ4n) is 2.76. The van der Waals surface area contributed by atoms with Crippen molar-refractivity contribution in [1.82, 2.24) is 9.88 Å². The molecule has 2 heterocycles. The van der Waals surface area contributed by atoms with Gasteiger partial charge in [0.05, 0.1) is 17.1 Å². The van der Waals surface area contributed by atoms with Gasteiger partial charge in [0, 0.05) is 25.0 Å². The molecule has 6 nitrogen and oxygen atoms in total. The molecule has 2 aromatic rings. The Morgan fingerprint density at radius 1 is 1.32 bits per heavy atom. The zero-order valence-electron chi connectivity index (χ0n) is 13.6. The molecular weight excluding hydrogens is 345 g/mol. The number of nitrogens with zero attached hydrogens (tertiary/aromatic N) is 2. The number of carbonyl (C=O) groups excluding carboxylic acids is 1. The molecule has 0 radical (unpaired) electrons. The van der Waals surface area contributed by atoms with Crippen molar-refractivity contribution in [2.45, 2.75) is 12.5 Å². The molecule has 3 rings (SSSR count). The number of benzene rings is 1. The van der Waals surface area contributed by atoms with E-state index in [0.29, 0.717) is 23.5 Å². The van der Waals surface area contributed by atoms with Crippen LogP contribution >= 0.6 is 0 Å². The van der Waals surface area contributed by atoms with E-state index in [9.17, 15) is 17.6 Å². The van der Waals surface area contributed by atoms with Gasteiger partial charge in [-0.3, -0.25) is 4.79 Å². The van der Waals surface area contributed by atoms with Gasteiger partial charge >= 0.3 is 0 Å². The molecule has 0 bridgehead atoms. The standard InChI is InChI=1S/C17H18FN3O3S/c1-21(15-7-8-25(23,24)11-15)17(22)12-5-6-16(19-10-12)20-14-4-2-3-13(18)9-14/h2-6,9-10,15H,7-8,11H2,1H3,(H,19,20). The van der Waals surface area contributed by atoms with Crippen LogP contribution in [0.2, 0.25) is 0 Å². The number of amides is 1. The van der Waals surface area contributed by atoms with Crippen LogP contribution in [0.3, 0.4) is 0 Å². The largest absolute Gasteiger partial charge is 0.340 e. The van der Waals surface area contributed by atoms with Crippen molar-refractivity contribution in [1.29, 1.82) is 0 Å². The Hall–Kier alpha value is -2.48. The fraction of sp³-hybridized carbons (Fsp3) is 0.294. The number of carbonyl (C=O) groups is 1. The summed E-state index contributed by atoms with van der Waals surface area (Å²) in [5, 5.41) is 2.95. The van der Waals surface area contributed by atoms with E-state index >= 15 is 0 Å². The van der Waals surface area contributed by atoms with Gasteiger partial charge in [0.25, 0.3) is 5.91 Å². The Balaban J connectivity index is 1.68. The summed E-state index contributed by atoms with van der Waals surface area (Å²) in [4.78, 5) is 18.1. The van der Waals surface area contributed by atoms with E-state index in [-0.39, 0.29) is 29.3 Å². The van der Waals surface area contributed by atoms with Gasteiger partial charge in [-0.1, -0.05) is 6.07 Å². The Bertz CT molecular complexity index is 884. The first kappa shape index (κ1) is 17.3. The molecule has 1 unspecified atom stereocenters. The number of hydrogen-bond acceptors (Lipinski definition) is 5. The minimum absolute atomic E-state index is 0.00186. The Labute approximate surface area is 145 Å². The topological polar surface area (TPSA) is 79.4 Å². The summed E-state index contributed by atoms with van der Waals surface area (Å²) in [7, 11) is -1.45. The van der Waals surface area contributed by atoms with Crippen molar-refractivity contribution in [2.24, 2.45) is 0 Å². The molecule has 25 heavy (non-hydrogen) atoms. The number of hydrogen-bond donors (Lipinski definition) is 1. The highest BCUT2D eigenvalue weighted by Gasteiger charge is 2.33. The lowest BCUT2D eigenvalue weighted by atomic mass is 10.2. The molecule has 1 aliphatic heterocycles. The van der Waals surface area contributed by atoms with Crippen LogP contribution in [0.4, 0.5) is 15.9 Å². The number of sulfone groups is 1. The van der Waals surface area contributed by atoms with Gasteiger partial charge in [0.2, 0.25) is 0 Å². The summed E-state index contributed by atoms with van der Waals surface area (Å²) in [5.41, 5.74) is 0.927. The van der Waals surface area contributed by atoms with Crippen molar-refractivity contribution in [3.8, 4) is 0 Å². The van der Waals surface area contributed by atoms with Crippen molar-refractivity contribution in [3.05, 3.63) is 54.0 Å². The molecule has 0 spiro atoms. The second-order valence-corrected chi connectivity index (χ2v) is 8.27. The van der Waals surface area contributed by atoms with E-state index in [1.165, 1.54) is 23.2 Å².